The van der Waals surface area contributed by atoms with Crippen LogP contribution < -0.4 is 5.32 Å². The van der Waals surface area contributed by atoms with Crippen LogP contribution in [-0.2, 0) is 6.54 Å². The van der Waals surface area contributed by atoms with E-state index in [1.165, 1.54) is 24.3 Å². The number of nitro groups is 1. The molecule has 0 aliphatic rings. The molecule has 0 heterocycles. The number of nitrogens with zero attached hydrogens (tertiary/aromatic N) is 1. The maximum absolute atomic E-state index is 13.6. The molecule has 0 aliphatic heterocycles. The van der Waals surface area contributed by atoms with E-state index in [1.807, 2.05) is 0 Å². The summed E-state index contributed by atoms with van der Waals surface area (Å²) in [7, 11) is 0. The van der Waals surface area contributed by atoms with Crippen molar-refractivity contribution in [1.82, 2.24) is 0 Å². The van der Waals surface area contributed by atoms with E-state index in [-0.39, 0.29) is 29.4 Å². The second-order valence-electron chi connectivity index (χ2n) is 4.10. The summed E-state index contributed by atoms with van der Waals surface area (Å²) >= 11 is 0. The normalized spacial score (nSPS) is 10.2. The largest absolute Gasteiger partial charge is 0.504 e. The lowest BCUT2D eigenvalue weighted by molar-refractivity contribution is -0.385. The fourth-order valence-corrected chi connectivity index (χ4v) is 1.64. The van der Waals surface area contributed by atoms with Gasteiger partial charge in [-0.2, -0.15) is 0 Å². The van der Waals surface area contributed by atoms with E-state index < -0.39 is 10.7 Å². The van der Waals surface area contributed by atoms with E-state index in [0.29, 0.717) is 5.56 Å². The Morgan fingerprint density at radius 2 is 1.90 bits per heavy atom. The Morgan fingerprint density at radius 3 is 2.50 bits per heavy atom. The number of halogens is 1. The molecule has 0 aliphatic carbocycles. The highest BCUT2D eigenvalue weighted by Crippen LogP contribution is 2.26. The third kappa shape index (κ3) is 2.94. The van der Waals surface area contributed by atoms with Crippen molar-refractivity contribution in [3.05, 3.63) is 57.9 Å². The molecule has 6 nitrogen and oxygen atoms in total. The molecule has 2 aromatic carbocycles. The van der Waals surface area contributed by atoms with Crippen LogP contribution in [-0.4, -0.2) is 15.1 Å². The third-order valence-corrected chi connectivity index (χ3v) is 2.69. The van der Waals surface area contributed by atoms with E-state index >= 15 is 0 Å². The van der Waals surface area contributed by atoms with Gasteiger partial charge in [-0.3, -0.25) is 10.1 Å². The Bertz CT molecular complexity index is 661. The van der Waals surface area contributed by atoms with Crippen LogP contribution in [0.15, 0.2) is 36.4 Å². The summed E-state index contributed by atoms with van der Waals surface area (Å²) < 4.78 is 13.6. The lowest BCUT2D eigenvalue weighted by Gasteiger charge is -2.08. The maximum Gasteiger partial charge on any atom is 0.272 e. The smallest absolute Gasteiger partial charge is 0.272 e. The van der Waals surface area contributed by atoms with E-state index in [0.717, 1.165) is 6.07 Å². The van der Waals surface area contributed by atoms with Crippen molar-refractivity contribution in [3.63, 3.8) is 0 Å². The predicted molar refractivity (Wildman–Crippen MR) is 70.2 cm³/mol. The number of nitrogens with one attached hydrogen (secondary N) is 1. The van der Waals surface area contributed by atoms with E-state index in [9.17, 15) is 19.6 Å². The molecule has 0 unspecified atom stereocenters. The molecule has 7 heteroatoms. The van der Waals surface area contributed by atoms with Gasteiger partial charge in [0.15, 0.2) is 17.3 Å². The Labute approximate surface area is 113 Å². The van der Waals surface area contributed by atoms with Gasteiger partial charge >= 0.3 is 0 Å². The Kier molecular flexibility index (Phi) is 3.69. The van der Waals surface area contributed by atoms with Crippen LogP contribution in [0.3, 0.4) is 0 Å². The zero-order chi connectivity index (χ0) is 14.7. The van der Waals surface area contributed by atoms with Crippen molar-refractivity contribution < 1.29 is 19.5 Å². The number of benzene rings is 2. The number of hydrogen-bond acceptors (Lipinski definition) is 5. The van der Waals surface area contributed by atoms with Gasteiger partial charge in [-0.1, -0.05) is 6.07 Å². The van der Waals surface area contributed by atoms with Gasteiger partial charge in [0.25, 0.3) is 5.69 Å². The summed E-state index contributed by atoms with van der Waals surface area (Å²) in [5.74, 6) is -1.24. The molecule has 0 amide bonds. The molecule has 0 fully saturated rings. The summed E-state index contributed by atoms with van der Waals surface area (Å²) in [4.78, 5) is 9.80. The van der Waals surface area contributed by atoms with Crippen LogP contribution in [0.25, 0.3) is 0 Å². The monoisotopic (exact) mass is 278 g/mol. The van der Waals surface area contributed by atoms with Gasteiger partial charge in [-0.15, -0.1) is 0 Å². The number of non-ortho nitro benzene ring substituents is 1. The van der Waals surface area contributed by atoms with E-state index in [4.69, 9.17) is 5.11 Å². The van der Waals surface area contributed by atoms with Crippen LogP contribution in [0, 0.1) is 15.9 Å². The number of nitro benzene ring substituents is 1. The Balaban J connectivity index is 2.10. The van der Waals surface area contributed by atoms with E-state index in [2.05, 4.69) is 5.32 Å². The molecule has 2 rings (SSSR count). The molecule has 3 N–H and O–H groups in total. The molecule has 104 valence electrons. The summed E-state index contributed by atoms with van der Waals surface area (Å²) in [5, 5.41) is 31.7. The standard InChI is InChI=1S/C13H11FN2O4/c14-10-6-9(16(19)20)2-3-11(10)15-7-8-1-4-12(17)13(18)5-8/h1-6,15,17-18H,7H2. The number of rotatable bonds is 4. The second-order valence-corrected chi connectivity index (χ2v) is 4.10. The van der Waals surface area contributed by atoms with Gasteiger partial charge in [0, 0.05) is 12.6 Å². The van der Waals surface area contributed by atoms with Crippen LogP contribution >= 0.6 is 0 Å². The summed E-state index contributed by atoms with van der Waals surface area (Å²) in [6.07, 6.45) is 0. The van der Waals surface area contributed by atoms with Crippen molar-refractivity contribution >= 4 is 11.4 Å². The van der Waals surface area contributed by atoms with Crippen LogP contribution in [0.4, 0.5) is 15.8 Å². The summed E-state index contributed by atoms with van der Waals surface area (Å²) in [6, 6.07) is 7.51. The van der Waals surface area contributed by atoms with Crippen molar-refractivity contribution in [1.29, 1.82) is 0 Å². The minimum absolute atomic E-state index is 0.114. The first-order valence-corrected chi connectivity index (χ1v) is 5.66. The number of phenols is 2. The SMILES string of the molecule is O=[N+]([O-])c1ccc(NCc2ccc(O)c(O)c2)c(F)c1. The first kappa shape index (κ1) is 13.6. The molecular formula is C13H11FN2O4. The molecule has 20 heavy (non-hydrogen) atoms. The summed E-state index contributed by atoms with van der Waals surface area (Å²) in [6.45, 7) is 0.197. The molecule has 0 saturated carbocycles. The maximum atomic E-state index is 13.6. The van der Waals surface area contributed by atoms with Crippen LogP contribution in [0.1, 0.15) is 5.56 Å². The average Bonchev–Trinajstić information content (AvgIpc) is 2.41. The molecular weight excluding hydrogens is 267 g/mol. The molecule has 0 bridgehead atoms. The van der Waals surface area contributed by atoms with Gasteiger partial charge < -0.3 is 15.5 Å². The Morgan fingerprint density at radius 1 is 1.15 bits per heavy atom. The molecule has 2 aromatic rings. The van der Waals surface area contributed by atoms with Crippen LogP contribution in [0.5, 0.6) is 11.5 Å². The number of aromatic hydroxyl groups is 2. The zero-order valence-corrected chi connectivity index (χ0v) is 10.2. The fourth-order valence-electron chi connectivity index (χ4n) is 1.64. The van der Waals surface area contributed by atoms with Crippen LogP contribution in [0.2, 0.25) is 0 Å². The van der Waals surface area contributed by atoms with Gasteiger partial charge in [-0.05, 0) is 23.8 Å². The Hall–Kier alpha value is -2.83. The predicted octanol–water partition coefficient (Wildman–Crippen LogP) is 2.76. The number of hydrogen-bond donors (Lipinski definition) is 3. The average molecular weight is 278 g/mol. The fraction of sp³-hybridized carbons (Fsp3) is 0.0769. The van der Waals surface area contributed by atoms with Gasteiger partial charge in [0.05, 0.1) is 16.7 Å². The lowest BCUT2D eigenvalue weighted by atomic mass is 10.2. The van der Waals surface area contributed by atoms with Crippen molar-refractivity contribution in [2.45, 2.75) is 6.54 Å². The topological polar surface area (TPSA) is 95.6 Å². The first-order chi connectivity index (χ1) is 9.47. The van der Waals surface area contributed by atoms with Gasteiger partial charge in [-0.25, -0.2) is 4.39 Å². The molecule has 0 atom stereocenters. The number of anilines is 1. The molecule has 0 saturated heterocycles. The van der Waals surface area contributed by atoms with Crippen molar-refractivity contribution in [2.24, 2.45) is 0 Å². The van der Waals surface area contributed by atoms with Gasteiger partial charge in [0.2, 0.25) is 0 Å². The van der Waals surface area contributed by atoms with Crippen molar-refractivity contribution in [2.75, 3.05) is 5.32 Å². The number of phenolic OH excluding ortho intramolecular Hbond substituents is 2. The second kappa shape index (κ2) is 5.43. The minimum atomic E-state index is -0.734. The molecule has 0 radical (unpaired) electrons. The van der Waals surface area contributed by atoms with Crippen molar-refractivity contribution in [3.8, 4) is 11.5 Å². The highest BCUT2D eigenvalue weighted by atomic mass is 19.1. The molecule has 0 spiro atoms. The van der Waals surface area contributed by atoms with E-state index in [1.54, 1.807) is 6.07 Å². The minimum Gasteiger partial charge on any atom is -0.504 e. The quantitative estimate of drug-likeness (QED) is 0.454. The zero-order valence-electron chi connectivity index (χ0n) is 10.2. The summed E-state index contributed by atoms with van der Waals surface area (Å²) in [5.41, 5.74) is 0.413. The lowest BCUT2D eigenvalue weighted by Crippen LogP contribution is -2.02. The molecule has 0 aromatic heterocycles. The van der Waals surface area contributed by atoms with Gasteiger partial charge in [0.1, 0.15) is 0 Å². The first-order valence-electron chi connectivity index (χ1n) is 5.66. The third-order valence-electron chi connectivity index (χ3n) is 2.69. The highest BCUT2D eigenvalue weighted by molar-refractivity contribution is 5.51. The highest BCUT2D eigenvalue weighted by Gasteiger charge is 2.10.